The van der Waals surface area contributed by atoms with Gasteiger partial charge in [0.25, 0.3) is 0 Å². The van der Waals surface area contributed by atoms with Gasteiger partial charge in [0.2, 0.25) is 0 Å². The molecule has 5 heteroatoms. The smallest absolute Gasteiger partial charge is 0.319 e. The van der Waals surface area contributed by atoms with E-state index < -0.39 is 5.97 Å². The minimum atomic E-state index is -0.842. The Hall–Kier alpha value is -2.04. The summed E-state index contributed by atoms with van der Waals surface area (Å²) in [6.45, 7) is 2.82. The van der Waals surface area contributed by atoms with E-state index in [1.807, 2.05) is 18.2 Å². The highest BCUT2D eigenvalue weighted by Crippen LogP contribution is 2.44. The molecule has 1 aliphatic rings. The van der Waals surface area contributed by atoms with E-state index in [9.17, 15) is 9.59 Å². The highest BCUT2D eigenvalue weighted by Gasteiger charge is 2.37. The topological polar surface area (TPSA) is 78.4 Å². The van der Waals surface area contributed by atoms with E-state index in [0.717, 1.165) is 18.4 Å². The van der Waals surface area contributed by atoms with Gasteiger partial charge in [-0.1, -0.05) is 25.1 Å². The molecule has 1 saturated carbocycles. The molecule has 3 N–H and O–H groups in total. The molecule has 0 spiro atoms. The second kappa shape index (κ2) is 5.94. The Kier molecular flexibility index (Phi) is 4.27. The van der Waals surface area contributed by atoms with Crippen molar-refractivity contribution in [2.75, 3.05) is 11.9 Å². The zero-order chi connectivity index (χ0) is 14.6. The lowest BCUT2D eigenvalue weighted by atomic mass is 10.1. The lowest BCUT2D eigenvalue weighted by molar-refractivity contribution is -0.136. The molecular formula is C15H20N2O3. The maximum atomic E-state index is 11.8. The highest BCUT2D eigenvalue weighted by atomic mass is 16.4. The average Bonchev–Trinajstić information content (AvgIpc) is 3.14. The Balaban J connectivity index is 1.90. The zero-order valence-electron chi connectivity index (χ0n) is 11.6. The van der Waals surface area contributed by atoms with Crippen molar-refractivity contribution in [2.24, 2.45) is 5.41 Å². The number of aryl methyl sites for hydroxylation is 1. The predicted octanol–water partition coefficient (Wildman–Crippen LogP) is 2.63. The lowest BCUT2D eigenvalue weighted by Crippen LogP contribution is -2.33. The van der Waals surface area contributed by atoms with Gasteiger partial charge in [-0.25, -0.2) is 4.79 Å². The van der Waals surface area contributed by atoms with Crippen molar-refractivity contribution in [3.05, 3.63) is 29.8 Å². The van der Waals surface area contributed by atoms with Crippen molar-refractivity contribution in [3.8, 4) is 0 Å². The summed E-state index contributed by atoms with van der Waals surface area (Å²) in [6, 6.07) is 7.05. The molecule has 0 bridgehead atoms. The van der Waals surface area contributed by atoms with Crippen molar-refractivity contribution < 1.29 is 14.7 Å². The molecule has 0 heterocycles. The van der Waals surface area contributed by atoms with Crippen LogP contribution in [0.3, 0.4) is 0 Å². The quantitative estimate of drug-likeness (QED) is 0.747. The lowest BCUT2D eigenvalue weighted by Gasteiger charge is -2.13. The molecule has 108 valence electrons. The minimum absolute atomic E-state index is 0.0540. The predicted molar refractivity (Wildman–Crippen MR) is 76.8 cm³/mol. The van der Waals surface area contributed by atoms with E-state index in [4.69, 9.17) is 5.11 Å². The number of aliphatic carboxylic acids is 1. The Morgan fingerprint density at radius 1 is 1.30 bits per heavy atom. The molecular weight excluding hydrogens is 256 g/mol. The minimum Gasteiger partial charge on any atom is -0.481 e. The van der Waals surface area contributed by atoms with E-state index in [-0.39, 0.29) is 17.9 Å². The third-order valence-corrected chi connectivity index (χ3v) is 3.65. The van der Waals surface area contributed by atoms with Gasteiger partial charge in [0.1, 0.15) is 0 Å². The van der Waals surface area contributed by atoms with Gasteiger partial charge >= 0.3 is 12.0 Å². The number of para-hydroxylation sites is 1. The summed E-state index contributed by atoms with van der Waals surface area (Å²) in [5.74, 6) is -0.842. The molecule has 1 aliphatic carbocycles. The summed E-state index contributed by atoms with van der Waals surface area (Å²) in [6.07, 6.45) is 2.77. The largest absolute Gasteiger partial charge is 0.481 e. The number of hydrogen-bond donors (Lipinski definition) is 3. The van der Waals surface area contributed by atoms with E-state index in [1.54, 1.807) is 6.07 Å². The van der Waals surface area contributed by atoms with Crippen LogP contribution in [0, 0.1) is 5.41 Å². The molecule has 0 radical (unpaired) electrons. The molecule has 0 saturated heterocycles. The first-order valence-corrected chi connectivity index (χ1v) is 6.83. The highest BCUT2D eigenvalue weighted by molar-refractivity contribution is 5.90. The summed E-state index contributed by atoms with van der Waals surface area (Å²) in [7, 11) is 0. The van der Waals surface area contributed by atoms with Gasteiger partial charge < -0.3 is 15.7 Å². The number of carbonyl (C=O) groups is 2. The average molecular weight is 276 g/mol. The second-order valence-corrected chi connectivity index (χ2v) is 5.67. The van der Waals surface area contributed by atoms with Gasteiger partial charge in [-0.05, 0) is 36.3 Å². The number of carboxylic acids is 1. The van der Waals surface area contributed by atoms with Crippen LogP contribution >= 0.6 is 0 Å². The fraction of sp³-hybridized carbons (Fsp3) is 0.467. The van der Waals surface area contributed by atoms with E-state index >= 15 is 0 Å². The first kappa shape index (κ1) is 14.4. The van der Waals surface area contributed by atoms with Crippen LogP contribution in [0.4, 0.5) is 10.5 Å². The molecule has 1 aromatic rings. The standard InChI is InChI=1S/C15H20N2O3/c1-15(8-9-15)10-16-14(20)17-12-5-3-2-4-11(12)6-7-13(18)19/h2-5H,6-10H2,1H3,(H,18,19)(H2,16,17,20). The van der Waals surface area contributed by atoms with Crippen molar-refractivity contribution >= 4 is 17.7 Å². The number of nitrogens with one attached hydrogen (secondary N) is 2. The summed E-state index contributed by atoms with van der Waals surface area (Å²) in [4.78, 5) is 22.5. The molecule has 20 heavy (non-hydrogen) atoms. The Labute approximate surface area is 118 Å². The van der Waals surface area contributed by atoms with Gasteiger partial charge in [-0.2, -0.15) is 0 Å². The van der Waals surface area contributed by atoms with E-state index in [1.165, 1.54) is 0 Å². The van der Waals surface area contributed by atoms with Gasteiger partial charge in [0, 0.05) is 18.7 Å². The van der Waals surface area contributed by atoms with Crippen LogP contribution in [0.1, 0.15) is 31.7 Å². The van der Waals surface area contributed by atoms with Crippen molar-refractivity contribution in [1.82, 2.24) is 5.32 Å². The van der Waals surface area contributed by atoms with Gasteiger partial charge in [0.05, 0.1) is 0 Å². The molecule has 0 unspecified atom stereocenters. The summed E-state index contributed by atoms with van der Waals surface area (Å²) in [5.41, 5.74) is 1.77. The molecule has 2 amide bonds. The summed E-state index contributed by atoms with van der Waals surface area (Å²) < 4.78 is 0. The van der Waals surface area contributed by atoms with Gasteiger partial charge in [-0.3, -0.25) is 4.79 Å². The number of benzene rings is 1. The maximum absolute atomic E-state index is 11.8. The second-order valence-electron chi connectivity index (χ2n) is 5.67. The van der Waals surface area contributed by atoms with Crippen LogP contribution in [0.2, 0.25) is 0 Å². The number of amides is 2. The molecule has 1 fully saturated rings. The van der Waals surface area contributed by atoms with Crippen LogP contribution in [-0.4, -0.2) is 23.7 Å². The normalized spacial score (nSPS) is 15.4. The molecule has 2 rings (SSSR count). The van der Waals surface area contributed by atoms with E-state index in [2.05, 4.69) is 17.6 Å². The first-order valence-electron chi connectivity index (χ1n) is 6.83. The fourth-order valence-corrected chi connectivity index (χ4v) is 1.95. The van der Waals surface area contributed by atoms with Crippen molar-refractivity contribution in [2.45, 2.75) is 32.6 Å². The molecule has 0 aliphatic heterocycles. The molecule has 0 atom stereocenters. The molecule has 5 nitrogen and oxygen atoms in total. The summed E-state index contributed by atoms with van der Waals surface area (Å²) >= 11 is 0. The fourth-order valence-electron chi connectivity index (χ4n) is 1.95. The number of urea groups is 1. The monoisotopic (exact) mass is 276 g/mol. The zero-order valence-corrected chi connectivity index (χ0v) is 11.6. The van der Waals surface area contributed by atoms with Crippen molar-refractivity contribution in [3.63, 3.8) is 0 Å². The number of anilines is 1. The maximum Gasteiger partial charge on any atom is 0.319 e. The van der Waals surface area contributed by atoms with Crippen LogP contribution in [0.15, 0.2) is 24.3 Å². The number of carboxylic acid groups (broad SMARTS) is 1. The van der Waals surface area contributed by atoms with Crippen LogP contribution in [0.25, 0.3) is 0 Å². The van der Waals surface area contributed by atoms with Gasteiger partial charge in [0.15, 0.2) is 0 Å². The van der Waals surface area contributed by atoms with Gasteiger partial charge in [-0.15, -0.1) is 0 Å². The number of rotatable bonds is 6. The Morgan fingerprint density at radius 2 is 2.00 bits per heavy atom. The molecule has 1 aromatic carbocycles. The Bertz CT molecular complexity index is 510. The van der Waals surface area contributed by atoms with Crippen molar-refractivity contribution in [1.29, 1.82) is 0 Å². The van der Waals surface area contributed by atoms with E-state index in [0.29, 0.717) is 18.7 Å². The van der Waals surface area contributed by atoms with Crippen LogP contribution in [0.5, 0.6) is 0 Å². The SMILES string of the molecule is CC1(CNC(=O)Nc2ccccc2CCC(=O)O)CC1. The number of carbonyl (C=O) groups excluding carboxylic acids is 1. The number of hydrogen-bond acceptors (Lipinski definition) is 2. The molecule has 0 aromatic heterocycles. The third kappa shape index (κ3) is 4.26. The first-order chi connectivity index (χ1) is 9.48. The van der Waals surface area contributed by atoms with Crippen LogP contribution in [-0.2, 0) is 11.2 Å². The summed E-state index contributed by atoms with van der Waals surface area (Å²) in [5, 5.41) is 14.4. The third-order valence-electron chi connectivity index (χ3n) is 3.65. The Morgan fingerprint density at radius 3 is 2.65 bits per heavy atom. The van der Waals surface area contributed by atoms with Crippen LogP contribution < -0.4 is 10.6 Å².